The standard InChI is InChI=1S/C34H45NO12/c1-18(28(37)46-31(2,3)4)42-29(38)22(44-30(39)47-32(5,6)7)17-24(36)43-21-12-13-34(40)23-16-19-10-11-20(41-9)26-25(19)33(34,27(21)45-26)14-15-35(23)8/h10-12,18,22-23,27,40H,13-17H2,1-9H3/t18?,22?,23-,27+,33+,34-/m1/s1. The second kappa shape index (κ2) is 12.0. The van der Waals surface area contributed by atoms with Gasteiger partial charge in [-0.1, -0.05) is 6.07 Å². The first-order valence-electron chi connectivity index (χ1n) is 15.8. The summed E-state index contributed by atoms with van der Waals surface area (Å²) >= 11 is 0. The molecule has 258 valence electrons. The number of likely N-dealkylation sites (tertiary alicyclic amines) is 1. The number of piperidine rings is 1. The predicted octanol–water partition coefficient (Wildman–Crippen LogP) is 3.50. The molecule has 6 atom stereocenters. The number of likely N-dealkylation sites (N-methyl/N-ethyl adjacent to an activating group) is 1. The topological polar surface area (TPSA) is 156 Å². The van der Waals surface area contributed by atoms with Crippen molar-refractivity contribution in [3.05, 3.63) is 35.1 Å². The Morgan fingerprint density at radius 2 is 1.72 bits per heavy atom. The Balaban J connectivity index is 1.39. The number of esters is 3. The van der Waals surface area contributed by atoms with E-state index in [9.17, 15) is 24.3 Å². The van der Waals surface area contributed by atoms with E-state index in [1.165, 1.54) is 14.0 Å². The molecule has 2 aliphatic heterocycles. The van der Waals surface area contributed by atoms with Crippen molar-refractivity contribution in [3.8, 4) is 11.5 Å². The molecule has 2 unspecified atom stereocenters. The van der Waals surface area contributed by atoms with Gasteiger partial charge in [-0.2, -0.15) is 0 Å². The van der Waals surface area contributed by atoms with Gasteiger partial charge in [0.2, 0.25) is 6.10 Å². The van der Waals surface area contributed by atoms with E-state index in [0.717, 1.165) is 11.1 Å². The molecule has 13 heteroatoms. The molecule has 1 N–H and O–H groups in total. The quantitative estimate of drug-likeness (QED) is 0.320. The Hall–Kier alpha value is -3.84. The lowest BCUT2D eigenvalue weighted by molar-refractivity contribution is -0.180. The van der Waals surface area contributed by atoms with Gasteiger partial charge in [0.25, 0.3) is 0 Å². The maximum absolute atomic E-state index is 13.5. The Bertz CT molecular complexity index is 1490. The van der Waals surface area contributed by atoms with E-state index in [2.05, 4.69) is 4.90 Å². The van der Waals surface area contributed by atoms with Gasteiger partial charge in [0.05, 0.1) is 24.5 Å². The van der Waals surface area contributed by atoms with Crippen LogP contribution in [0.3, 0.4) is 0 Å². The molecule has 0 amide bonds. The van der Waals surface area contributed by atoms with Gasteiger partial charge in [0, 0.05) is 18.0 Å². The third-order valence-electron chi connectivity index (χ3n) is 9.06. The minimum Gasteiger partial charge on any atom is -0.493 e. The average Bonchev–Trinajstić information content (AvgIpc) is 3.30. The van der Waals surface area contributed by atoms with Gasteiger partial charge in [-0.25, -0.2) is 14.4 Å². The van der Waals surface area contributed by atoms with Crippen molar-refractivity contribution in [2.45, 2.75) is 121 Å². The first-order chi connectivity index (χ1) is 21.8. The highest BCUT2D eigenvalue weighted by Crippen LogP contribution is 2.65. The lowest BCUT2D eigenvalue weighted by Gasteiger charge is -2.61. The summed E-state index contributed by atoms with van der Waals surface area (Å²) in [5.41, 5.74) is -2.04. The fraction of sp³-hybridized carbons (Fsp3) is 0.647. The minimum absolute atomic E-state index is 0.167. The minimum atomic E-state index is -1.81. The van der Waals surface area contributed by atoms with E-state index in [1.807, 2.05) is 19.2 Å². The molecule has 0 radical (unpaired) electrons. The average molecular weight is 660 g/mol. The summed E-state index contributed by atoms with van der Waals surface area (Å²) < 4.78 is 38.9. The van der Waals surface area contributed by atoms with Gasteiger partial charge in [0.1, 0.15) is 17.0 Å². The molecule has 13 nitrogen and oxygen atoms in total. The maximum atomic E-state index is 13.5. The zero-order valence-electron chi connectivity index (χ0n) is 28.5. The first-order valence-corrected chi connectivity index (χ1v) is 15.8. The number of carbonyl (C=O) groups is 4. The monoisotopic (exact) mass is 659 g/mol. The second-order valence-electron chi connectivity index (χ2n) is 14.6. The van der Waals surface area contributed by atoms with Crippen LogP contribution in [-0.2, 0) is 49.9 Å². The highest BCUT2D eigenvalue weighted by molar-refractivity contribution is 5.86. The molecule has 4 aliphatic rings. The number of aliphatic hydroxyl groups is 1. The van der Waals surface area contributed by atoms with Crippen molar-refractivity contribution in [1.29, 1.82) is 0 Å². The lowest BCUT2D eigenvalue weighted by Crippen LogP contribution is -2.74. The van der Waals surface area contributed by atoms with Crippen LogP contribution in [0.4, 0.5) is 4.79 Å². The number of ether oxygens (including phenoxy) is 7. The molecule has 1 saturated heterocycles. The second-order valence-corrected chi connectivity index (χ2v) is 14.6. The molecular weight excluding hydrogens is 614 g/mol. The van der Waals surface area contributed by atoms with Crippen LogP contribution in [0.2, 0.25) is 0 Å². The van der Waals surface area contributed by atoms with E-state index in [4.69, 9.17) is 33.2 Å². The third kappa shape index (κ3) is 6.27. The molecule has 1 aromatic rings. The van der Waals surface area contributed by atoms with Crippen molar-refractivity contribution in [2.75, 3.05) is 20.7 Å². The van der Waals surface area contributed by atoms with Gasteiger partial charge < -0.3 is 43.2 Å². The summed E-state index contributed by atoms with van der Waals surface area (Å²) in [5, 5.41) is 12.4. The normalized spacial score (nSPS) is 27.2. The summed E-state index contributed by atoms with van der Waals surface area (Å²) in [6, 6.07) is 3.62. The fourth-order valence-electron chi connectivity index (χ4n) is 7.16. The summed E-state index contributed by atoms with van der Waals surface area (Å²) in [7, 11) is 3.53. The lowest BCUT2D eigenvalue weighted by atomic mass is 9.50. The molecule has 47 heavy (non-hydrogen) atoms. The number of benzene rings is 1. The SMILES string of the molecule is COc1ccc2c3c1O[C@H]1C(OC(=O)CC(OC(=O)OC(C)(C)C)C(=O)OC(C)C(=O)OC(C)(C)C)=CC[C@@]4(O)[C@@H](C2)N(C)CC[C@]314. The summed E-state index contributed by atoms with van der Waals surface area (Å²) in [4.78, 5) is 53.9. The molecule has 5 rings (SSSR count). The number of nitrogens with zero attached hydrogens (tertiary/aromatic N) is 1. The first kappa shape index (κ1) is 34.5. The van der Waals surface area contributed by atoms with Crippen LogP contribution in [0.25, 0.3) is 0 Å². The van der Waals surface area contributed by atoms with Crippen molar-refractivity contribution in [3.63, 3.8) is 0 Å². The Kier molecular flexibility index (Phi) is 8.80. The molecule has 1 fully saturated rings. The maximum Gasteiger partial charge on any atom is 0.509 e. The fourth-order valence-corrected chi connectivity index (χ4v) is 7.16. The number of rotatable bonds is 8. The van der Waals surface area contributed by atoms with E-state index >= 15 is 0 Å². The van der Waals surface area contributed by atoms with Crippen LogP contribution in [0.5, 0.6) is 11.5 Å². The Morgan fingerprint density at radius 1 is 1.04 bits per heavy atom. The molecule has 0 saturated carbocycles. The van der Waals surface area contributed by atoms with E-state index in [1.54, 1.807) is 47.6 Å². The van der Waals surface area contributed by atoms with Crippen LogP contribution < -0.4 is 9.47 Å². The summed E-state index contributed by atoms with van der Waals surface area (Å²) in [5.74, 6) is -1.74. The molecular formula is C34H45NO12. The van der Waals surface area contributed by atoms with E-state index < -0.39 is 71.0 Å². The van der Waals surface area contributed by atoms with Crippen LogP contribution in [0.1, 0.15) is 78.9 Å². The number of methoxy groups -OCH3 is 1. The van der Waals surface area contributed by atoms with Gasteiger partial charge in [-0.15, -0.1) is 0 Å². The number of carbonyl (C=O) groups excluding carboxylic acids is 4. The summed E-state index contributed by atoms with van der Waals surface area (Å²) in [6.07, 6.45) is -3.03. The van der Waals surface area contributed by atoms with Crippen molar-refractivity contribution >= 4 is 24.1 Å². The van der Waals surface area contributed by atoms with Gasteiger partial charge in [-0.3, -0.25) is 4.79 Å². The van der Waals surface area contributed by atoms with Crippen LogP contribution in [0.15, 0.2) is 24.0 Å². The highest BCUT2D eigenvalue weighted by Gasteiger charge is 2.72. The molecule has 2 aliphatic carbocycles. The van der Waals surface area contributed by atoms with E-state index in [-0.39, 0.29) is 18.2 Å². The Morgan fingerprint density at radius 3 is 2.36 bits per heavy atom. The molecule has 1 aromatic carbocycles. The zero-order chi connectivity index (χ0) is 34.7. The van der Waals surface area contributed by atoms with Crippen molar-refractivity contribution in [2.24, 2.45) is 0 Å². The van der Waals surface area contributed by atoms with Crippen LogP contribution >= 0.6 is 0 Å². The number of hydrogen-bond acceptors (Lipinski definition) is 13. The third-order valence-corrected chi connectivity index (χ3v) is 9.06. The van der Waals surface area contributed by atoms with E-state index in [0.29, 0.717) is 30.9 Å². The molecule has 1 spiro atoms. The highest BCUT2D eigenvalue weighted by atomic mass is 16.7. The van der Waals surface area contributed by atoms with Crippen LogP contribution in [-0.4, -0.2) is 95.9 Å². The molecule has 2 heterocycles. The summed E-state index contributed by atoms with van der Waals surface area (Å²) in [6.45, 7) is 11.8. The molecule has 2 bridgehead atoms. The van der Waals surface area contributed by atoms with Gasteiger partial charge in [0.15, 0.2) is 23.7 Å². The smallest absolute Gasteiger partial charge is 0.493 e. The predicted molar refractivity (Wildman–Crippen MR) is 165 cm³/mol. The van der Waals surface area contributed by atoms with Gasteiger partial charge in [-0.05, 0) is 92.6 Å². The number of hydrogen-bond donors (Lipinski definition) is 1. The Labute approximate surface area is 274 Å². The van der Waals surface area contributed by atoms with Gasteiger partial charge >= 0.3 is 24.1 Å². The van der Waals surface area contributed by atoms with Crippen molar-refractivity contribution in [1.82, 2.24) is 4.90 Å². The van der Waals surface area contributed by atoms with Crippen molar-refractivity contribution < 1.29 is 57.4 Å². The zero-order valence-corrected chi connectivity index (χ0v) is 28.5. The largest absolute Gasteiger partial charge is 0.509 e. The molecule has 0 aromatic heterocycles. The van der Waals surface area contributed by atoms with Crippen LogP contribution in [0, 0.1) is 0 Å².